The standard InChI is InChI=1S/C17H16FN3O3/c1-24-17(23)21-7-6-14-11(10-21)8-19-9-15(14)16(22)20-13-4-2-12(18)3-5-13/h2-5,8-9H,6-7,10H2,1H3,(H,20,22). The average Bonchev–Trinajstić information content (AvgIpc) is 2.61. The van der Waals surface area contributed by atoms with Crippen LogP contribution in [0, 0.1) is 5.82 Å². The molecule has 0 aliphatic carbocycles. The van der Waals surface area contributed by atoms with Crippen LogP contribution in [0.1, 0.15) is 21.5 Å². The predicted octanol–water partition coefficient (Wildman–Crippen LogP) is 2.60. The number of pyridine rings is 1. The number of nitrogens with one attached hydrogen (secondary N) is 1. The van der Waals surface area contributed by atoms with Crippen molar-refractivity contribution in [3.8, 4) is 0 Å². The molecular formula is C17H16FN3O3. The summed E-state index contributed by atoms with van der Waals surface area (Å²) in [5, 5.41) is 2.73. The molecule has 124 valence electrons. The third kappa shape index (κ3) is 3.19. The first-order chi connectivity index (χ1) is 11.6. The zero-order valence-electron chi connectivity index (χ0n) is 13.1. The number of hydrogen-bond donors (Lipinski definition) is 1. The first-order valence-electron chi connectivity index (χ1n) is 7.44. The molecule has 0 atom stereocenters. The Morgan fingerprint density at radius 3 is 2.71 bits per heavy atom. The first kappa shape index (κ1) is 15.9. The molecule has 24 heavy (non-hydrogen) atoms. The summed E-state index contributed by atoms with van der Waals surface area (Å²) in [7, 11) is 1.34. The number of nitrogens with zero attached hydrogens (tertiary/aromatic N) is 2. The van der Waals surface area contributed by atoms with Crippen molar-refractivity contribution in [3.05, 3.63) is 59.2 Å². The number of halogens is 1. The second kappa shape index (κ2) is 6.66. The second-order valence-electron chi connectivity index (χ2n) is 5.43. The molecule has 0 spiro atoms. The summed E-state index contributed by atoms with van der Waals surface area (Å²) >= 11 is 0. The molecule has 1 aliphatic heterocycles. The predicted molar refractivity (Wildman–Crippen MR) is 85.1 cm³/mol. The van der Waals surface area contributed by atoms with Crippen molar-refractivity contribution in [2.45, 2.75) is 13.0 Å². The summed E-state index contributed by atoms with van der Waals surface area (Å²) < 4.78 is 17.7. The quantitative estimate of drug-likeness (QED) is 0.919. The molecule has 0 saturated heterocycles. The van der Waals surface area contributed by atoms with Crippen molar-refractivity contribution in [2.24, 2.45) is 0 Å². The highest BCUT2D eigenvalue weighted by molar-refractivity contribution is 6.05. The van der Waals surface area contributed by atoms with E-state index in [0.29, 0.717) is 30.8 Å². The Kier molecular flexibility index (Phi) is 4.41. The van der Waals surface area contributed by atoms with Crippen LogP contribution in [0.3, 0.4) is 0 Å². The largest absolute Gasteiger partial charge is 0.453 e. The third-order valence-corrected chi connectivity index (χ3v) is 3.92. The minimum absolute atomic E-state index is 0.308. The highest BCUT2D eigenvalue weighted by atomic mass is 19.1. The smallest absolute Gasteiger partial charge is 0.409 e. The molecule has 1 N–H and O–H groups in total. The topological polar surface area (TPSA) is 71.5 Å². The maximum atomic E-state index is 12.9. The number of carbonyl (C=O) groups excluding carboxylic acids is 2. The Bertz CT molecular complexity index is 777. The molecule has 0 unspecified atom stereocenters. The van der Waals surface area contributed by atoms with Gasteiger partial charge in [0.05, 0.1) is 19.2 Å². The van der Waals surface area contributed by atoms with E-state index in [1.807, 2.05) is 0 Å². The molecule has 0 fully saturated rings. The molecule has 2 amide bonds. The van der Waals surface area contributed by atoms with Gasteiger partial charge >= 0.3 is 6.09 Å². The van der Waals surface area contributed by atoms with Crippen LogP contribution in [0.15, 0.2) is 36.7 Å². The lowest BCUT2D eigenvalue weighted by atomic mass is 9.97. The highest BCUT2D eigenvalue weighted by Gasteiger charge is 2.25. The van der Waals surface area contributed by atoms with Gasteiger partial charge in [-0.25, -0.2) is 9.18 Å². The van der Waals surface area contributed by atoms with Gasteiger partial charge in [0.2, 0.25) is 0 Å². The summed E-state index contributed by atoms with van der Waals surface area (Å²) in [6.07, 6.45) is 3.30. The lowest BCUT2D eigenvalue weighted by Gasteiger charge is -2.28. The van der Waals surface area contributed by atoms with Crippen LogP contribution in [0.25, 0.3) is 0 Å². The fraction of sp³-hybridized carbons (Fsp3) is 0.235. The highest BCUT2D eigenvalue weighted by Crippen LogP contribution is 2.23. The Morgan fingerprint density at radius 1 is 1.25 bits per heavy atom. The lowest BCUT2D eigenvalue weighted by Crippen LogP contribution is -2.36. The maximum Gasteiger partial charge on any atom is 0.409 e. The van der Waals surface area contributed by atoms with E-state index in [9.17, 15) is 14.0 Å². The minimum atomic E-state index is -0.401. The number of fused-ring (bicyclic) bond motifs is 1. The molecule has 0 saturated carbocycles. The number of anilines is 1. The Balaban J connectivity index is 1.81. The molecular weight excluding hydrogens is 313 g/mol. The molecule has 1 aromatic carbocycles. The fourth-order valence-corrected chi connectivity index (χ4v) is 2.71. The van der Waals surface area contributed by atoms with Gasteiger partial charge in [-0.2, -0.15) is 0 Å². The van der Waals surface area contributed by atoms with Gasteiger partial charge in [0, 0.05) is 24.6 Å². The Hall–Kier alpha value is -2.96. The third-order valence-electron chi connectivity index (χ3n) is 3.92. The van der Waals surface area contributed by atoms with Crippen molar-refractivity contribution >= 4 is 17.7 Å². The number of hydrogen-bond acceptors (Lipinski definition) is 4. The van der Waals surface area contributed by atoms with E-state index < -0.39 is 6.09 Å². The summed E-state index contributed by atoms with van der Waals surface area (Å²) in [5.41, 5.74) is 2.65. The Labute approximate surface area is 138 Å². The second-order valence-corrected chi connectivity index (χ2v) is 5.43. The zero-order valence-corrected chi connectivity index (χ0v) is 13.1. The molecule has 3 rings (SSSR count). The van der Waals surface area contributed by atoms with E-state index in [0.717, 1.165) is 11.1 Å². The first-order valence-corrected chi connectivity index (χ1v) is 7.44. The van der Waals surface area contributed by atoms with Crippen molar-refractivity contribution in [2.75, 3.05) is 19.0 Å². The number of aromatic nitrogens is 1. The molecule has 6 nitrogen and oxygen atoms in total. The van der Waals surface area contributed by atoms with E-state index in [-0.39, 0.29) is 11.7 Å². The zero-order chi connectivity index (χ0) is 17.1. The molecule has 7 heteroatoms. The fourth-order valence-electron chi connectivity index (χ4n) is 2.71. The molecule has 2 heterocycles. The van der Waals surface area contributed by atoms with Gasteiger partial charge in [-0.1, -0.05) is 0 Å². The molecule has 2 aromatic rings. The van der Waals surface area contributed by atoms with Gasteiger partial charge in [-0.3, -0.25) is 9.78 Å². The number of benzene rings is 1. The van der Waals surface area contributed by atoms with Crippen molar-refractivity contribution in [3.63, 3.8) is 0 Å². The molecule has 0 bridgehead atoms. The molecule has 1 aliphatic rings. The van der Waals surface area contributed by atoms with E-state index in [1.54, 1.807) is 11.1 Å². The maximum absolute atomic E-state index is 12.9. The monoisotopic (exact) mass is 329 g/mol. The SMILES string of the molecule is COC(=O)N1CCc2c(cncc2C(=O)Nc2ccc(F)cc2)C1. The van der Waals surface area contributed by atoms with Gasteiger partial charge in [-0.05, 0) is 41.8 Å². The van der Waals surface area contributed by atoms with Crippen LogP contribution in [0.2, 0.25) is 0 Å². The Morgan fingerprint density at radius 2 is 2.00 bits per heavy atom. The summed E-state index contributed by atoms with van der Waals surface area (Å²) in [4.78, 5) is 29.8. The van der Waals surface area contributed by atoms with Crippen LogP contribution in [0.4, 0.5) is 14.9 Å². The van der Waals surface area contributed by atoms with Crippen LogP contribution >= 0.6 is 0 Å². The van der Waals surface area contributed by atoms with Gasteiger partial charge in [0.1, 0.15) is 5.82 Å². The van der Waals surface area contributed by atoms with Crippen LogP contribution in [-0.4, -0.2) is 35.5 Å². The van der Waals surface area contributed by atoms with E-state index >= 15 is 0 Å². The van der Waals surface area contributed by atoms with Crippen molar-refractivity contribution < 1.29 is 18.7 Å². The normalized spacial score (nSPS) is 13.2. The summed E-state index contributed by atoms with van der Waals surface area (Å²) in [5.74, 6) is -0.674. The number of methoxy groups -OCH3 is 1. The van der Waals surface area contributed by atoms with Gasteiger partial charge in [-0.15, -0.1) is 0 Å². The van der Waals surface area contributed by atoms with Gasteiger partial charge < -0.3 is 15.0 Å². The van der Waals surface area contributed by atoms with Crippen LogP contribution in [-0.2, 0) is 17.7 Å². The lowest BCUT2D eigenvalue weighted by molar-refractivity contribution is 0.102. The average molecular weight is 329 g/mol. The van der Waals surface area contributed by atoms with Crippen molar-refractivity contribution in [1.29, 1.82) is 0 Å². The molecule has 1 aromatic heterocycles. The van der Waals surface area contributed by atoms with Crippen LogP contribution < -0.4 is 5.32 Å². The number of ether oxygens (including phenoxy) is 1. The van der Waals surface area contributed by atoms with Gasteiger partial charge in [0.15, 0.2) is 0 Å². The van der Waals surface area contributed by atoms with Crippen LogP contribution in [0.5, 0.6) is 0 Å². The number of rotatable bonds is 2. The van der Waals surface area contributed by atoms with E-state index in [4.69, 9.17) is 4.74 Å². The minimum Gasteiger partial charge on any atom is -0.453 e. The summed E-state index contributed by atoms with van der Waals surface area (Å²) in [6.45, 7) is 0.827. The van der Waals surface area contributed by atoms with Gasteiger partial charge in [0.25, 0.3) is 5.91 Å². The van der Waals surface area contributed by atoms with E-state index in [2.05, 4.69) is 10.3 Å². The molecule has 0 radical (unpaired) electrons. The summed E-state index contributed by atoms with van der Waals surface area (Å²) in [6, 6.07) is 5.55. The number of amides is 2. The number of carbonyl (C=O) groups is 2. The van der Waals surface area contributed by atoms with E-state index in [1.165, 1.54) is 37.6 Å². The van der Waals surface area contributed by atoms with Crippen molar-refractivity contribution in [1.82, 2.24) is 9.88 Å².